The van der Waals surface area contributed by atoms with Crippen LogP contribution in [0.15, 0.2) is 18.2 Å². The van der Waals surface area contributed by atoms with Crippen LogP contribution >= 0.6 is 0 Å². The van der Waals surface area contributed by atoms with Gasteiger partial charge < -0.3 is 15.0 Å². The van der Waals surface area contributed by atoms with Crippen molar-refractivity contribution >= 4 is 18.3 Å². The number of para-hydroxylation sites is 1. The van der Waals surface area contributed by atoms with Gasteiger partial charge in [0.2, 0.25) is 0 Å². The monoisotopic (exact) mass is 233 g/mol. The van der Waals surface area contributed by atoms with Gasteiger partial charge >= 0.3 is 7.12 Å². The highest BCUT2D eigenvalue weighted by Crippen LogP contribution is 2.36. The SMILES string of the molecule is Cc1cccc(B2OC(C)(C)C(C)(C)O2)c1N. The van der Waals surface area contributed by atoms with Crippen molar-refractivity contribution in [3.05, 3.63) is 23.8 Å². The van der Waals surface area contributed by atoms with Gasteiger partial charge in [-0.05, 0) is 40.2 Å². The van der Waals surface area contributed by atoms with Crippen LogP contribution in [0.4, 0.5) is 5.69 Å². The van der Waals surface area contributed by atoms with Crippen molar-refractivity contribution in [1.82, 2.24) is 0 Å². The van der Waals surface area contributed by atoms with Crippen molar-refractivity contribution in [3.63, 3.8) is 0 Å². The molecule has 0 saturated carbocycles. The van der Waals surface area contributed by atoms with Gasteiger partial charge in [-0.3, -0.25) is 0 Å². The molecule has 0 aromatic heterocycles. The van der Waals surface area contributed by atoms with Gasteiger partial charge in [0.15, 0.2) is 0 Å². The predicted octanol–water partition coefficient (Wildman–Crippen LogP) is 1.88. The molecule has 1 aliphatic heterocycles. The van der Waals surface area contributed by atoms with Gasteiger partial charge in [0.1, 0.15) is 0 Å². The molecule has 0 unspecified atom stereocenters. The van der Waals surface area contributed by atoms with E-state index >= 15 is 0 Å². The molecule has 2 rings (SSSR count). The first-order valence-corrected chi connectivity index (χ1v) is 5.95. The van der Waals surface area contributed by atoms with Gasteiger partial charge in [0.25, 0.3) is 0 Å². The van der Waals surface area contributed by atoms with E-state index < -0.39 is 0 Å². The van der Waals surface area contributed by atoms with E-state index in [1.54, 1.807) is 0 Å². The highest BCUT2D eigenvalue weighted by Gasteiger charge is 2.52. The molecular formula is C13H20BNO2. The number of anilines is 1. The van der Waals surface area contributed by atoms with E-state index in [-0.39, 0.29) is 18.3 Å². The maximum absolute atomic E-state index is 6.08. The molecule has 0 bridgehead atoms. The summed E-state index contributed by atoms with van der Waals surface area (Å²) in [6, 6.07) is 5.93. The Hall–Kier alpha value is -0.995. The van der Waals surface area contributed by atoms with Crippen molar-refractivity contribution in [2.75, 3.05) is 5.73 Å². The number of nitrogen functional groups attached to an aromatic ring is 1. The van der Waals surface area contributed by atoms with Gasteiger partial charge in [-0.15, -0.1) is 0 Å². The molecule has 1 aromatic rings. The second-order valence-electron chi connectivity index (χ2n) is 5.67. The third-order valence-corrected chi connectivity index (χ3v) is 3.87. The maximum Gasteiger partial charge on any atom is 0.496 e. The lowest BCUT2D eigenvalue weighted by Gasteiger charge is -2.32. The first-order chi connectivity index (χ1) is 7.74. The summed E-state index contributed by atoms with van der Waals surface area (Å²) >= 11 is 0. The summed E-state index contributed by atoms with van der Waals surface area (Å²) in [6.07, 6.45) is 0. The van der Waals surface area contributed by atoms with Crippen molar-refractivity contribution in [1.29, 1.82) is 0 Å². The molecule has 1 saturated heterocycles. The zero-order valence-electron chi connectivity index (χ0n) is 11.2. The molecular weight excluding hydrogens is 213 g/mol. The third-order valence-electron chi connectivity index (χ3n) is 3.87. The van der Waals surface area contributed by atoms with E-state index in [9.17, 15) is 0 Å². The van der Waals surface area contributed by atoms with Gasteiger partial charge in [0, 0.05) is 11.2 Å². The summed E-state index contributed by atoms with van der Waals surface area (Å²) in [5, 5.41) is 0. The average Bonchev–Trinajstić information content (AvgIpc) is 2.40. The fourth-order valence-electron chi connectivity index (χ4n) is 1.88. The summed E-state index contributed by atoms with van der Waals surface area (Å²) < 4.78 is 12.0. The van der Waals surface area contributed by atoms with E-state index in [0.29, 0.717) is 0 Å². The van der Waals surface area contributed by atoms with Gasteiger partial charge in [0.05, 0.1) is 11.2 Å². The minimum atomic E-state index is -0.375. The van der Waals surface area contributed by atoms with Crippen LogP contribution in [0, 0.1) is 6.92 Å². The summed E-state index contributed by atoms with van der Waals surface area (Å²) in [7, 11) is -0.375. The normalized spacial score (nSPS) is 21.8. The molecule has 1 heterocycles. The van der Waals surface area contributed by atoms with Crippen LogP contribution in [-0.2, 0) is 9.31 Å². The molecule has 0 amide bonds. The Balaban J connectivity index is 2.36. The van der Waals surface area contributed by atoms with Crippen molar-refractivity contribution in [2.45, 2.75) is 45.8 Å². The van der Waals surface area contributed by atoms with E-state index in [1.807, 2.05) is 52.8 Å². The van der Waals surface area contributed by atoms with Crippen LogP contribution in [0.5, 0.6) is 0 Å². The Kier molecular flexibility index (Phi) is 2.75. The minimum Gasteiger partial charge on any atom is -0.399 e. The van der Waals surface area contributed by atoms with Crippen LogP contribution in [-0.4, -0.2) is 18.3 Å². The highest BCUT2D eigenvalue weighted by atomic mass is 16.7. The largest absolute Gasteiger partial charge is 0.496 e. The summed E-state index contributed by atoms with van der Waals surface area (Å²) in [4.78, 5) is 0. The minimum absolute atomic E-state index is 0.326. The van der Waals surface area contributed by atoms with Crippen molar-refractivity contribution in [3.8, 4) is 0 Å². The lowest BCUT2D eigenvalue weighted by atomic mass is 9.77. The predicted molar refractivity (Wildman–Crippen MR) is 71.3 cm³/mol. The molecule has 1 fully saturated rings. The Morgan fingerprint density at radius 1 is 1.06 bits per heavy atom. The molecule has 0 radical (unpaired) electrons. The van der Waals surface area contributed by atoms with E-state index in [4.69, 9.17) is 15.0 Å². The number of hydrogen-bond donors (Lipinski definition) is 1. The molecule has 1 aliphatic rings. The van der Waals surface area contributed by atoms with E-state index in [1.165, 1.54) is 0 Å². The maximum atomic E-state index is 6.08. The molecule has 1 aromatic carbocycles. The lowest BCUT2D eigenvalue weighted by Crippen LogP contribution is -2.41. The molecule has 2 N–H and O–H groups in total. The first-order valence-electron chi connectivity index (χ1n) is 5.95. The Labute approximate surface area is 103 Å². The Morgan fingerprint density at radius 2 is 1.59 bits per heavy atom. The number of nitrogens with two attached hydrogens (primary N) is 1. The number of benzene rings is 1. The van der Waals surface area contributed by atoms with E-state index in [0.717, 1.165) is 16.7 Å². The van der Waals surface area contributed by atoms with Gasteiger partial charge in [-0.2, -0.15) is 0 Å². The lowest BCUT2D eigenvalue weighted by molar-refractivity contribution is 0.00578. The zero-order valence-corrected chi connectivity index (χ0v) is 11.2. The number of rotatable bonds is 1. The standard InChI is InChI=1S/C13H20BNO2/c1-9-7-6-8-10(11(9)15)14-16-12(2,3)13(4,5)17-14/h6-8H,15H2,1-5H3. The second kappa shape index (κ2) is 3.75. The fraction of sp³-hybridized carbons (Fsp3) is 0.538. The van der Waals surface area contributed by atoms with Crippen LogP contribution in [0.2, 0.25) is 0 Å². The summed E-state index contributed by atoms with van der Waals surface area (Å²) in [5.41, 5.74) is 8.16. The van der Waals surface area contributed by atoms with E-state index in [2.05, 4.69) is 0 Å². The topological polar surface area (TPSA) is 44.5 Å². The van der Waals surface area contributed by atoms with Crippen LogP contribution in [0.3, 0.4) is 0 Å². The molecule has 92 valence electrons. The first kappa shape index (κ1) is 12.5. The quantitative estimate of drug-likeness (QED) is 0.595. The molecule has 0 aliphatic carbocycles. The highest BCUT2D eigenvalue weighted by molar-refractivity contribution is 6.63. The van der Waals surface area contributed by atoms with Crippen LogP contribution in [0.25, 0.3) is 0 Å². The molecule has 0 atom stereocenters. The van der Waals surface area contributed by atoms with Crippen molar-refractivity contribution < 1.29 is 9.31 Å². The van der Waals surface area contributed by atoms with Crippen molar-refractivity contribution in [2.24, 2.45) is 0 Å². The Morgan fingerprint density at radius 3 is 2.12 bits per heavy atom. The number of hydrogen-bond acceptors (Lipinski definition) is 3. The third kappa shape index (κ3) is 1.96. The molecule has 3 nitrogen and oxygen atoms in total. The van der Waals surface area contributed by atoms with Crippen LogP contribution < -0.4 is 11.2 Å². The summed E-state index contributed by atoms with van der Waals surface area (Å²) in [5.74, 6) is 0. The van der Waals surface area contributed by atoms with Gasteiger partial charge in [-0.1, -0.05) is 18.2 Å². The smallest absolute Gasteiger partial charge is 0.399 e. The Bertz CT molecular complexity index is 427. The second-order valence-corrected chi connectivity index (χ2v) is 5.67. The molecule has 17 heavy (non-hydrogen) atoms. The zero-order chi connectivity index (χ0) is 12.8. The molecule has 4 heteroatoms. The molecule has 0 spiro atoms. The average molecular weight is 233 g/mol. The number of aryl methyl sites for hydroxylation is 1. The van der Waals surface area contributed by atoms with Gasteiger partial charge in [-0.25, -0.2) is 0 Å². The fourth-order valence-corrected chi connectivity index (χ4v) is 1.88. The summed E-state index contributed by atoms with van der Waals surface area (Å²) in [6.45, 7) is 10.2. The van der Waals surface area contributed by atoms with Crippen LogP contribution in [0.1, 0.15) is 33.3 Å².